The summed E-state index contributed by atoms with van der Waals surface area (Å²) in [5.74, 6) is -0.954. The largest absolute Gasteiger partial charge is 0.494 e. The van der Waals surface area contributed by atoms with Crippen LogP contribution >= 0.6 is 27.3 Å². The number of nitrogens with zero attached hydrogens (tertiary/aromatic N) is 1. The van der Waals surface area contributed by atoms with Crippen molar-refractivity contribution < 1.29 is 19.4 Å². The molecule has 5 nitrogen and oxygen atoms in total. The minimum atomic E-state index is -1.05. The standard InChI is InChI=1S/C10H12BrNO4S/c1-5-7(11)8(16-3)9(17-5)10(15)12(2)4-6(13)14/h4H2,1-3H3,(H,13,14). The van der Waals surface area contributed by atoms with Crippen molar-refractivity contribution >= 4 is 39.1 Å². The zero-order valence-corrected chi connectivity index (χ0v) is 12.0. The Hall–Kier alpha value is -1.08. The molecule has 0 unspecified atom stereocenters. The molecule has 0 spiro atoms. The first kappa shape index (κ1) is 14.0. The Morgan fingerprint density at radius 2 is 2.12 bits per heavy atom. The molecular weight excluding hydrogens is 310 g/mol. The molecule has 0 saturated heterocycles. The first-order chi connectivity index (χ1) is 7.88. The van der Waals surface area contributed by atoms with Gasteiger partial charge >= 0.3 is 5.97 Å². The molecule has 94 valence electrons. The van der Waals surface area contributed by atoms with Gasteiger partial charge in [-0.1, -0.05) is 0 Å². The van der Waals surface area contributed by atoms with Gasteiger partial charge in [0.1, 0.15) is 11.4 Å². The van der Waals surface area contributed by atoms with Crippen LogP contribution in [0.4, 0.5) is 0 Å². The Bertz CT molecular complexity index is 457. The number of aliphatic carboxylic acids is 1. The molecule has 0 fully saturated rings. The summed E-state index contributed by atoms with van der Waals surface area (Å²) in [4.78, 5) is 25.0. The first-order valence-corrected chi connectivity index (χ1v) is 6.29. The van der Waals surface area contributed by atoms with E-state index >= 15 is 0 Å². The lowest BCUT2D eigenvalue weighted by Gasteiger charge is -2.14. The number of amides is 1. The van der Waals surface area contributed by atoms with Crippen molar-refractivity contribution in [3.05, 3.63) is 14.2 Å². The zero-order chi connectivity index (χ0) is 13.2. The van der Waals surface area contributed by atoms with Crippen molar-refractivity contribution in [3.8, 4) is 5.75 Å². The van der Waals surface area contributed by atoms with Crippen molar-refractivity contribution in [2.24, 2.45) is 0 Å². The van der Waals surface area contributed by atoms with Gasteiger partial charge in [-0.3, -0.25) is 9.59 Å². The van der Waals surface area contributed by atoms with Crippen LogP contribution in [0.25, 0.3) is 0 Å². The van der Waals surface area contributed by atoms with Crippen LogP contribution in [0.5, 0.6) is 5.75 Å². The quantitative estimate of drug-likeness (QED) is 0.920. The van der Waals surface area contributed by atoms with Gasteiger partial charge < -0.3 is 14.7 Å². The molecule has 1 heterocycles. The first-order valence-electron chi connectivity index (χ1n) is 4.68. The third kappa shape index (κ3) is 2.98. The second-order valence-electron chi connectivity index (χ2n) is 3.39. The van der Waals surface area contributed by atoms with Crippen LogP contribution in [0.15, 0.2) is 4.47 Å². The number of carbonyl (C=O) groups is 2. The summed E-state index contributed by atoms with van der Waals surface area (Å²) in [6, 6.07) is 0. The SMILES string of the molecule is COc1c(C(=O)N(C)CC(=O)O)sc(C)c1Br. The van der Waals surface area contributed by atoms with E-state index in [0.29, 0.717) is 10.6 Å². The molecule has 1 N–H and O–H groups in total. The average Bonchev–Trinajstić information content (AvgIpc) is 2.53. The van der Waals surface area contributed by atoms with Gasteiger partial charge in [0.05, 0.1) is 11.6 Å². The number of ether oxygens (including phenoxy) is 1. The normalized spacial score (nSPS) is 10.1. The number of hydrogen-bond acceptors (Lipinski definition) is 4. The van der Waals surface area contributed by atoms with E-state index in [1.165, 1.54) is 25.5 Å². The summed E-state index contributed by atoms with van der Waals surface area (Å²) < 4.78 is 5.88. The summed E-state index contributed by atoms with van der Waals surface area (Å²) >= 11 is 4.60. The molecule has 0 aromatic carbocycles. The molecule has 7 heteroatoms. The Labute approximate surface area is 111 Å². The predicted octanol–water partition coefficient (Wildman–Crippen LogP) is 1.98. The number of carbonyl (C=O) groups excluding carboxylic acids is 1. The van der Waals surface area contributed by atoms with Crippen LogP contribution in [-0.4, -0.2) is 42.6 Å². The monoisotopic (exact) mass is 321 g/mol. The number of halogens is 1. The molecule has 0 aliphatic rings. The molecule has 1 amide bonds. The summed E-state index contributed by atoms with van der Waals surface area (Å²) in [7, 11) is 2.92. The third-order valence-corrected chi connectivity index (χ3v) is 4.38. The number of carboxylic acids is 1. The van der Waals surface area contributed by atoms with E-state index in [2.05, 4.69) is 15.9 Å². The Kier molecular flexibility index (Phi) is 4.53. The summed E-state index contributed by atoms with van der Waals surface area (Å²) in [5, 5.41) is 8.63. The molecule has 17 heavy (non-hydrogen) atoms. The maximum atomic E-state index is 12.0. The lowest BCUT2D eigenvalue weighted by atomic mass is 10.3. The molecule has 0 saturated carbocycles. The molecule has 1 aromatic rings. The highest BCUT2D eigenvalue weighted by molar-refractivity contribution is 9.10. The van der Waals surface area contributed by atoms with E-state index in [1.807, 2.05) is 6.92 Å². The highest BCUT2D eigenvalue weighted by atomic mass is 79.9. The predicted molar refractivity (Wildman–Crippen MR) is 67.9 cm³/mol. The lowest BCUT2D eigenvalue weighted by Crippen LogP contribution is -2.31. The fourth-order valence-corrected chi connectivity index (χ4v) is 3.02. The highest BCUT2D eigenvalue weighted by Crippen LogP contribution is 2.39. The second kappa shape index (κ2) is 5.50. The van der Waals surface area contributed by atoms with Crippen LogP contribution < -0.4 is 4.74 Å². The van der Waals surface area contributed by atoms with Crippen molar-refractivity contribution in [1.82, 2.24) is 4.90 Å². The molecule has 0 aliphatic heterocycles. The molecule has 0 bridgehead atoms. The van der Waals surface area contributed by atoms with E-state index in [-0.39, 0.29) is 12.5 Å². The maximum absolute atomic E-state index is 12.0. The van der Waals surface area contributed by atoms with Gasteiger partial charge in [-0.05, 0) is 22.9 Å². The fourth-order valence-electron chi connectivity index (χ4n) is 1.27. The van der Waals surface area contributed by atoms with Crippen molar-refractivity contribution in [1.29, 1.82) is 0 Å². The second-order valence-corrected chi connectivity index (χ2v) is 5.41. The van der Waals surface area contributed by atoms with Gasteiger partial charge in [-0.25, -0.2) is 0 Å². The van der Waals surface area contributed by atoms with Crippen molar-refractivity contribution in [2.45, 2.75) is 6.92 Å². The number of hydrogen-bond donors (Lipinski definition) is 1. The van der Waals surface area contributed by atoms with Gasteiger partial charge in [-0.15, -0.1) is 11.3 Å². The molecular formula is C10H12BrNO4S. The highest BCUT2D eigenvalue weighted by Gasteiger charge is 2.24. The molecule has 1 aromatic heterocycles. The van der Waals surface area contributed by atoms with E-state index in [1.54, 1.807) is 0 Å². The molecule has 1 rings (SSSR count). The zero-order valence-electron chi connectivity index (χ0n) is 9.61. The minimum Gasteiger partial charge on any atom is -0.494 e. The van der Waals surface area contributed by atoms with Gasteiger partial charge in [0, 0.05) is 11.9 Å². The van der Waals surface area contributed by atoms with Crippen LogP contribution in [0.2, 0.25) is 0 Å². The summed E-state index contributed by atoms with van der Waals surface area (Å²) in [5.41, 5.74) is 0. The maximum Gasteiger partial charge on any atom is 0.323 e. The van der Waals surface area contributed by atoms with Gasteiger partial charge in [0.15, 0.2) is 5.75 Å². The third-order valence-electron chi connectivity index (χ3n) is 2.09. The average molecular weight is 322 g/mol. The summed E-state index contributed by atoms with van der Waals surface area (Å²) in [6.45, 7) is 1.52. The van der Waals surface area contributed by atoms with Crippen LogP contribution in [0, 0.1) is 6.92 Å². The van der Waals surface area contributed by atoms with E-state index < -0.39 is 5.97 Å². The Morgan fingerprint density at radius 1 is 1.53 bits per heavy atom. The van der Waals surface area contributed by atoms with Crippen molar-refractivity contribution in [2.75, 3.05) is 20.7 Å². The Morgan fingerprint density at radius 3 is 2.59 bits per heavy atom. The molecule has 0 radical (unpaired) electrons. The van der Waals surface area contributed by atoms with E-state index in [0.717, 1.165) is 14.2 Å². The van der Waals surface area contributed by atoms with E-state index in [4.69, 9.17) is 9.84 Å². The number of aryl methyl sites for hydroxylation is 1. The van der Waals surface area contributed by atoms with Crippen LogP contribution in [0.3, 0.4) is 0 Å². The minimum absolute atomic E-state index is 0.337. The molecule has 0 aliphatic carbocycles. The van der Waals surface area contributed by atoms with Crippen molar-refractivity contribution in [3.63, 3.8) is 0 Å². The van der Waals surface area contributed by atoms with Gasteiger partial charge in [-0.2, -0.15) is 0 Å². The van der Waals surface area contributed by atoms with Crippen LogP contribution in [-0.2, 0) is 4.79 Å². The molecule has 0 atom stereocenters. The van der Waals surface area contributed by atoms with Crippen LogP contribution in [0.1, 0.15) is 14.5 Å². The number of methoxy groups -OCH3 is 1. The fraction of sp³-hybridized carbons (Fsp3) is 0.400. The van der Waals surface area contributed by atoms with Gasteiger partial charge in [0.25, 0.3) is 5.91 Å². The topological polar surface area (TPSA) is 66.8 Å². The van der Waals surface area contributed by atoms with Gasteiger partial charge in [0.2, 0.25) is 0 Å². The smallest absolute Gasteiger partial charge is 0.323 e. The Balaban J connectivity index is 3.04. The number of carboxylic acid groups (broad SMARTS) is 1. The van der Waals surface area contributed by atoms with E-state index in [9.17, 15) is 9.59 Å². The number of rotatable bonds is 4. The number of thiophene rings is 1. The number of likely N-dealkylation sites (N-methyl/N-ethyl adjacent to an activating group) is 1. The lowest BCUT2D eigenvalue weighted by molar-refractivity contribution is -0.137. The summed E-state index contributed by atoms with van der Waals surface area (Å²) in [6.07, 6.45) is 0.